The Morgan fingerprint density at radius 1 is 1.33 bits per heavy atom. The number of hydrogen-bond acceptors (Lipinski definition) is 2. The van der Waals surface area contributed by atoms with Crippen LogP contribution in [0.25, 0.3) is 10.9 Å². The molecule has 1 saturated heterocycles. The molecule has 0 radical (unpaired) electrons. The zero-order valence-corrected chi connectivity index (χ0v) is 12.1. The molecule has 2 aromatic rings. The standard InChI is InChI=1S/C16H18N2O3/c1-10-4-5-11-9-13(17-12(11)8-10)14(19)18-7-3-6-16(18,2)15(20)21/h4-5,8-9,17H,3,6-7H2,1-2H3,(H,20,21). The first kappa shape index (κ1) is 13.7. The molecule has 0 saturated carbocycles. The number of nitrogens with zero attached hydrogens (tertiary/aromatic N) is 1. The molecular weight excluding hydrogens is 268 g/mol. The molecule has 5 nitrogen and oxygen atoms in total. The van der Waals surface area contributed by atoms with Crippen molar-refractivity contribution < 1.29 is 14.7 Å². The van der Waals surface area contributed by atoms with Crippen LogP contribution >= 0.6 is 0 Å². The van der Waals surface area contributed by atoms with Crippen molar-refractivity contribution in [2.45, 2.75) is 32.2 Å². The number of carboxylic acid groups (broad SMARTS) is 1. The van der Waals surface area contributed by atoms with Crippen LogP contribution in [0.2, 0.25) is 0 Å². The Labute approximate surface area is 122 Å². The SMILES string of the molecule is Cc1ccc2cc(C(=O)N3CCCC3(C)C(=O)O)[nH]c2c1. The number of aromatic amines is 1. The van der Waals surface area contributed by atoms with Crippen molar-refractivity contribution in [3.05, 3.63) is 35.5 Å². The average molecular weight is 286 g/mol. The number of aromatic nitrogens is 1. The van der Waals surface area contributed by atoms with E-state index in [9.17, 15) is 14.7 Å². The first-order valence-electron chi connectivity index (χ1n) is 7.06. The second-order valence-electron chi connectivity index (χ2n) is 5.91. The minimum Gasteiger partial charge on any atom is -0.480 e. The van der Waals surface area contributed by atoms with Crippen LogP contribution in [0.3, 0.4) is 0 Å². The lowest BCUT2D eigenvalue weighted by Crippen LogP contribution is -2.50. The van der Waals surface area contributed by atoms with Crippen molar-refractivity contribution in [2.75, 3.05) is 6.54 Å². The minimum absolute atomic E-state index is 0.244. The van der Waals surface area contributed by atoms with Crippen molar-refractivity contribution in [3.8, 4) is 0 Å². The van der Waals surface area contributed by atoms with Gasteiger partial charge in [0.25, 0.3) is 5.91 Å². The summed E-state index contributed by atoms with van der Waals surface area (Å²) >= 11 is 0. The van der Waals surface area contributed by atoms with E-state index in [1.165, 1.54) is 4.90 Å². The fourth-order valence-electron chi connectivity index (χ4n) is 3.01. The van der Waals surface area contributed by atoms with E-state index in [0.29, 0.717) is 25.1 Å². The Hall–Kier alpha value is -2.30. The third kappa shape index (κ3) is 2.09. The van der Waals surface area contributed by atoms with E-state index in [1.807, 2.05) is 25.1 Å². The molecule has 0 spiro atoms. The predicted molar refractivity (Wildman–Crippen MR) is 79.3 cm³/mol. The quantitative estimate of drug-likeness (QED) is 0.891. The van der Waals surface area contributed by atoms with Crippen LogP contribution in [0, 0.1) is 6.92 Å². The van der Waals surface area contributed by atoms with Gasteiger partial charge in [-0.1, -0.05) is 12.1 Å². The summed E-state index contributed by atoms with van der Waals surface area (Å²) in [5.74, 6) is -1.19. The first-order chi connectivity index (χ1) is 9.91. The zero-order valence-electron chi connectivity index (χ0n) is 12.1. The number of aliphatic carboxylic acids is 1. The summed E-state index contributed by atoms with van der Waals surface area (Å²) in [6, 6.07) is 7.71. The van der Waals surface area contributed by atoms with Crippen molar-refractivity contribution >= 4 is 22.8 Å². The number of rotatable bonds is 2. The van der Waals surface area contributed by atoms with Gasteiger partial charge in [0, 0.05) is 17.4 Å². The number of fused-ring (bicyclic) bond motifs is 1. The van der Waals surface area contributed by atoms with E-state index in [-0.39, 0.29) is 5.91 Å². The van der Waals surface area contributed by atoms with Gasteiger partial charge in [0.1, 0.15) is 11.2 Å². The van der Waals surface area contributed by atoms with Crippen molar-refractivity contribution in [3.63, 3.8) is 0 Å². The van der Waals surface area contributed by atoms with Crippen LogP contribution in [0.5, 0.6) is 0 Å². The average Bonchev–Trinajstić information content (AvgIpc) is 3.01. The van der Waals surface area contributed by atoms with Gasteiger partial charge in [0.2, 0.25) is 0 Å². The largest absolute Gasteiger partial charge is 0.480 e. The van der Waals surface area contributed by atoms with Crippen molar-refractivity contribution in [1.29, 1.82) is 0 Å². The maximum atomic E-state index is 12.7. The van der Waals surface area contributed by atoms with Gasteiger partial charge in [-0.25, -0.2) is 4.79 Å². The number of likely N-dealkylation sites (tertiary alicyclic amines) is 1. The summed E-state index contributed by atoms with van der Waals surface area (Å²) in [7, 11) is 0. The number of carbonyl (C=O) groups is 2. The Morgan fingerprint density at radius 2 is 2.10 bits per heavy atom. The summed E-state index contributed by atoms with van der Waals surface area (Å²) in [5.41, 5.74) is 1.35. The Morgan fingerprint density at radius 3 is 2.81 bits per heavy atom. The monoisotopic (exact) mass is 286 g/mol. The lowest BCUT2D eigenvalue weighted by molar-refractivity contribution is -0.147. The van der Waals surface area contributed by atoms with Crippen LogP contribution in [0.4, 0.5) is 0 Å². The summed E-state index contributed by atoms with van der Waals surface area (Å²) in [5, 5.41) is 10.4. The number of amides is 1. The van der Waals surface area contributed by atoms with Gasteiger partial charge >= 0.3 is 5.97 Å². The normalized spacial score (nSPS) is 21.9. The molecule has 1 unspecified atom stereocenters. The van der Waals surface area contributed by atoms with Crippen molar-refractivity contribution in [2.24, 2.45) is 0 Å². The molecule has 1 atom stereocenters. The molecule has 1 aliphatic rings. The molecule has 1 amide bonds. The Bertz CT molecular complexity index is 734. The van der Waals surface area contributed by atoms with E-state index in [2.05, 4.69) is 4.98 Å². The predicted octanol–water partition coefficient (Wildman–Crippen LogP) is 2.56. The van der Waals surface area contributed by atoms with Gasteiger partial charge in [-0.3, -0.25) is 4.79 Å². The van der Waals surface area contributed by atoms with Crippen LogP contribution in [0.1, 0.15) is 35.8 Å². The van der Waals surface area contributed by atoms with Gasteiger partial charge in [-0.2, -0.15) is 0 Å². The Balaban J connectivity index is 1.98. The second-order valence-corrected chi connectivity index (χ2v) is 5.91. The molecule has 1 aliphatic heterocycles. The summed E-state index contributed by atoms with van der Waals surface area (Å²) < 4.78 is 0. The van der Waals surface area contributed by atoms with E-state index >= 15 is 0 Å². The van der Waals surface area contributed by atoms with Gasteiger partial charge in [-0.05, 0) is 44.4 Å². The molecule has 1 aromatic heterocycles. The van der Waals surface area contributed by atoms with Crippen LogP contribution in [-0.2, 0) is 4.79 Å². The topological polar surface area (TPSA) is 73.4 Å². The van der Waals surface area contributed by atoms with Crippen LogP contribution in [-0.4, -0.2) is 39.0 Å². The molecule has 2 heterocycles. The molecule has 1 fully saturated rings. The van der Waals surface area contributed by atoms with Gasteiger partial charge < -0.3 is 15.0 Å². The molecule has 5 heteroatoms. The van der Waals surface area contributed by atoms with E-state index < -0.39 is 11.5 Å². The molecule has 21 heavy (non-hydrogen) atoms. The third-order valence-corrected chi connectivity index (χ3v) is 4.36. The number of aryl methyl sites for hydroxylation is 1. The number of nitrogens with one attached hydrogen (secondary N) is 1. The summed E-state index contributed by atoms with van der Waals surface area (Å²) in [4.78, 5) is 28.7. The molecule has 2 N–H and O–H groups in total. The number of H-pyrrole nitrogens is 1. The third-order valence-electron chi connectivity index (χ3n) is 4.36. The van der Waals surface area contributed by atoms with Crippen LogP contribution in [0.15, 0.2) is 24.3 Å². The van der Waals surface area contributed by atoms with E-state index in [4.69, 9.17) is 0 Å². The highest BCUT2D eigenvalue weighted by Gasteiger charge is 2.46. The molecule has 3 rings (SSSR count). The number of benzene rings is 1. The van der Waals surface area contributed by atoms with Crippen LogP contribution < -0.4 is 0 Å². The lowest BCUT2D eigenvalue weighted by Gasteiger charge is -2.30. The highest BCUT2D eigenvalue weighted by molar-refractivity contribution is 6.00. The second kappa shape index (κ2) is 4.62. The smallest absolute Gasteiger partial charge is 0.329 e. The Kier molecular flexibility index (Phi) is 3.01. The maximum absolute atomic E-state index is 12.7. The van der Waals surface area contributed by atoms with Crippen molar-refractivity contribution in [1.82, 2.24) is 9.88 Å². The molecule has 0 aliphatic carbocycles. The van der Waals surface area contributed by atoms with E-state index in [0.717, 1.165) is 16.5 Å². The highest BCUT2D eigenvalue weighted by Crippen LogP contribution is 2.31. The molecule has 0 bridgehead atoms. The first-order valence-corrected chi connectivity index (χ1v) is 7.06. The zero-order chi connectivity index (χ0) is 15.2. The fraction of sp³-hybridized carbons (Fsp3) is 0.375. The maximum Gasteiger partial charge on any atom is 0.329 e. The molecular formula is C16H18N2O3. The summed E-state index contributed by atoms with van der Waals surface area (Å²) in [6.45, 7) is 4.09. The molecule has 1 aromatic carbocycles. The minimum atomic E-state index is -1.11. The number of carboxylic acids is 1. The summed E-state index contributed by atoms with van der Waals surface area (Å²) in [6.07, 6.45) is 1.21. The van der Waals surface area contributed by atoms with E-state index in [1.54, 1.807) is 13.0 Å². The highest BCUT2D eigenvalue weighted by atomic mass is 16.4. The number of hydrogen-bond donors (Lipinski definition) is 2. The fourth-order valence-corrected chi connectivity index (χ4v) is 3.01. The van der Waals surface area contributed by atoms with Gasteiger partial charge in [0.15, 0.2) is 0 Å². The molecule has 110 valence electrons. The lowest BCUT2D eigenvalue weighted by atomic mass is 9.99. The van der Waals surface area contributed by atoms with Gasteiger partial charge in [-0.15, -0.1) is 0 Å². The van der Waals surface area contributed by atoms with Gasteiger partial charge in [0.05, 0.1) is 0 Å². The number of carbonyl (C=O) groups excluding carboxylic acids is 1.